The van der Waals surface area contributed by atoms with Crippen LogP contribution >= 0.6 is 0 Å². The molecule has 1 aromatic carbocycles. The number of carbonyl (C=O) groups excluding carboxylic acids is 4. The van der Waals surface area contributed by atoms with Crippen LogP contribution in [0.5, 0.6) is 17.4 Å². The second kappa shape index (κ2) is 16.2. The summed E-state index contributed by atoms with van der Waals surface area (Å²) < 4.78 is 52.4. The number of benzene rings is 1. The first-order valence-electron chi connectivity index (χ1n) is 20.8. The maximum absolute atomic E-state index is 15.0. The lowest BCUT2D eigenvalue weighted by atomic mass is 9.96. The number of pyridine rings is 1. The van der Waals surface area contributed by atoms with E-state index in [-0.39, 0.29) is 43.4 Å². The lowest BCUT2D eigenvalue weighted by Crippen LogP contribution is -2.60. The summed E-state index contributed by atoms with van der Waals surface area (Å²) >= 11 is 0. The molecule has 3 saturated carbocycles. The van der Waals surface area contributed by atoms with E-state index in [1.165, 1.54) is 4.90 Å². The van der Waals surface area contributed by atoms with E-state index in [0.717, 1.165) is 31.2 Å². The van der Waals surface area contributed by atoms with Gasteiger partial charge in [-0.1, -0.05) is 38.3 Å². The lowest BCUT2D eigenvalue weighted by Gasteiger charge is -2.33. The summed E-state index contributed by atoms with van der Waals surface area (Å²) in [5.74, 6) is -0.839. The highest BCUT2D eigenvalue weighted by molar-refractivity contribution is 7.91. The van der Waals surface area contributed by atoms with Crippen molar-refractivity contribution in [1.82, 2.24) is 30.1 Å². The Bertz CT molecular complexity index is 2090. The van der Waals surface area contributed by atoms with Crippen LogP contribution in [0.1, 0.15) is 83.6 Å². The molecule has 1 unspecified atom stereocenters. The molecule has 3 N–H and O–H groups in total. The van der Waals surface area contributed by atoms with Crippen molar-refractivity contribution in [3.05, 3.63) is 29.8 Å². The Kier molecular flexibility index (Phi) is 11.2. The van der Waals surface area contributed by atoms with Crippen LogP contribution in [0.3, 0.4) is 0 Å². The summed E-state index contributed by atoms with van der Waals surface area (Å²) in [6, 6.07) is 3.05. The molecule has 16 nitrogen and oxygen atoms in total. The molecule has 6 aliphatic rings. The second-order valence-electron chi connectivity index (χ2n) is 16.5. The molecule has 2 aromatic rings. The molecule has 6 atom stereocenters. The summed E-state index contributed by atoms with van der Waals surface area (Å²) in [7, 11) is -2.29. The molecule has 3 aliphatic carbocycles. The molecular weight excluding hydrogens is 769 g/mol. The van der Waals surface area contributed by atoms with E-state index in [9.17, 15) is 27.6 Å². The summed E-state index contributed by atoms with van der Waals surface area (Å²) in [4.78, 5) is 65.0. The fourth-order valence-corrected chi connectivity index (χ4v) is 10.5. The number of hydrogen-bond acceptors (Lipinski definition) is 11. The van der Waals surface area contributed by atoms with Crippen molar-refractivity contribution in [2.75, 3.05) is 40.0 Å². The SMILES string of the molecule is CCOc1cc2c3cc(c(OC)cc3n1)/C=C/CO[C@@H]1CCN(C1)C(=O)N[C@@H](C1CCCC1)C(=O)N1C[C@@H](C[C@H]1C(=O)N[C@]1(C(=O)NS(=O)(=O)C3CC3)CC1CC)O2. The number of aromatic nitrogens is 1. The molecule has 58 heavy (non-hydrogen) atoms. The molecule has 6 bridgehead atoms. The van der Waals surface area contributed by atoms with Crippen molar-refractivity contribution in [2.24, 2.45) is 11.8 Å². The van der Waals surface area contributed by atoms with E-state index in [1.54, 1.807) is 24.1 Å². The number of nitrogens with one attached hydrogen (secondary N) is 3. The fourth-order valence-electron chi connectivity index (χ4n) is 9.18. The molecule has 0 radical (unpaired) electrons. The molecule has 5 amide bonds. The van der Waals surface area contributed by atoms with Crippen LogP contribution in [0, 0.1) is 11.8 Å². The van der Waals surface area contributed by atoms with Gasteiger partial charge in [0.15, 0.2) is 0 Å². The van der Waals surface area contributed by atoms with Gasteiger partial charge in [0.2, 0.25) is 27.7 Å². The number of ether oxygens (including phenoxy) is 4. The number of rotatable bonds is 10. The Labute approximate surface area is 338 Å². The van der Waals surface area contributed by atoms with Crippen LogP contribution in [-0.4, -0.2) is 122 Å². The minimum Gasteiger partial charge on any atom is -0.496 e. The van der Waals surface area contributed by atoms with Crippen LogP contribution in [0.4, 0.5) is 4.79 Å². The third-order valence-corrected chi connectivity index (χ3v) is 14.5. The average Bonchev–Trinajstić information content (AvgIpc) is 3.97. The molecule has 5 fully saturated rings. The van der Waals surface area contributed by atoms with Gasteiger partial charge in [-0.3, -0.25) is 19.1 Å². The average molecular weight is 823 g/mol. The van der Waals surface area contributed by atoms with Gasteiger partial charge < -0.3 is 39.4 Å². The van der Waals surface area contributed by atoms with Crippen LogP contribution in [0.25, 0.3) is 17.0 Å². The van der Waals surface area contributed by atoms with Crippen molar-refractivity contribution < 1.29 is 46.5 Å². The largest absolute Gasteiger partial charge is 0.496 e. The maximum atomic E-state index is 15.0. The molecule has 4 heterocycles. The lowest BCUT2D eigenvalue weighted by molar-refractivity contribution is -0.142. The highest BCUT2D eigenvalue weighted by Crippen LogP contribution is 2.47. The van der Waals surface area contributed by atoms with Crippen molar-refractivity contribution in [1.29, 1.82) is 0 Å². The standard InChI is InChI=1S/C41H54N6O10S/c1-4-26-21-41(26,39(50)45-58(52,53)29-12-13-29)44-37(48)32-18-28-23-47(32)38(49)36(24-9-6-7-10-24)43-40(51)46-15-14-27(22-46)56-16-8-11-25-17-30-31(19-33(25)54-3)42-35(55-5-2)20-34(30)57-28/h8,11,17,19-20,24,26-29,32,36H,4-7,9-10,12-16,18,21-23H2,1-3H3,(H,43,51)(H,44,48)(H,45,50)/b11-8+/t26?,27-,28-,32+,36+,41-/m1/s1. The third kappa shape index (κ3) is 8.03. The molecule has 314 valence electrons. The predicted molar refractivity (Wildman–Crippen MR) is 213 cm³/mol. The smallest absolute Gasteiger partial charge is 0.318 e. The van der Waals surface area contributed by atoms with E-state index >= 15 is 0 Å². The Hall–Kier alpha value is -4.64. The van der Waals surface area contributed by atoms with Crippen molar-refractivity contribution in [2.45, 2.75) is 113 Å². The summed E-state index contributed by atoms with van der Waals surface area (Å²) in [6.45, 7) is 5.25. The number of urea groups is 1. The first-order valence-corrected chi connectivity index (χ1v) is 22.3. The molecule has 17 heteroatoms. The van der Waals surface area contributed by atoms with Gasteiger partial charge in [0, 0.05) is 42.6 Å². The van der Waals surface area contributed by atoms with E-state index in [0.29, 0.717) is 80.3 Å². The zero-order valence-electron chi connectivity index (χ0n) is 33.4. The Morgan fingerprint density at radius 1 is 1.05 bits per heavy atom. The number of nitrogens with zero attached hydrogens (tertiary/aromatic N) is 3. The quantitative estimate of drug-likeness (QED) is 0.319. The van der Waals surface area contributed by atoms with Gasteiger partial charge in [0.05, 0.1) is 43.7 Å². The van der Waals surface area contributed by atoms with Crippen LogP contribution in [-0.2, 0) is 29.1 Å². The highest BCUT2D eigenvalue weighted by Gasteiger charge is 2.62. The first-order chi connectivity index (χ1) is 27.9. The van der Waals surface area contributed by atoms with Gasteiger partial charge in [0.1, 0.15) is 35.2 Å². The number of amides is 5. The van der Waals surface area contributed by atoms with Gasteiger partial charge in [-0.2, -0.15) is 0 Å². The minimum atomic E-state index is -3.87. The van der Waals surface area contributed by atoms with E-state index in [2.05, 4.69) is 15.4 Å². The zero-order chi connectivity index (χ0) is 40.8. The van der Waals surface area contributed by atoms with Gasteiger partial charge >= 0.3 is 6.03 Å². The Balaban J connectivity index is 1.17. The topological polar surface area (TPSA) is 195 Å². The second-order valence-corrected chi connectivity index (χ2v) is 18.5. The van der Waals surface area contributed by atoms with Crippen LogP contribution in [0.2, 0.25) is 0 Å². The molecule has 3 aliphatic heterocycles. The third-order valence-electron chi connectivity index (χ3n) is 12.7. The number of sulfonamides is 1. The summed E-state index contributed by atoms with van der Waals surface area (Å²) in [6.07, 6.45) is 8.70. The van der Waals surface area contributed by atoms with Gasteiger partial charge in [-0.05, 0) is 63.4 Å². The highest BCUT2D eigenvalue weighted by atomic mass is 32.2. The van der Waals surface area contributed by atoms with E-state index < -0.39 is 56.7 Å². The molecule has 2 saturated heterocycles. The number of methoxy groups -OCH3 is 1. The monoisotopic (exact) mass is 822 g/mol. The van der Waals surface area contributed by atoms with E-state index in [4.69, 9.17) is 23.9 Å². The van der Waals surface area contributed by atoms with Crippen molar-refractivity contribution in [3.63, 3.8) is 0 Å². The van der Waals surface area contributed by atoms with Crippen molar-refractivity contribution >= 4 is 50.8 Å². The Morgan fingerprint density at radius 2 is 1.84 bits per heavy atom. The van der Waals surface area contributed by atoms with Gasteiger partial charge in [-0.15, -0.1) is 0 Å². The van der Waals surface area contributed by atoms with Gasteiger partial charge in [-0.25, -0.2) is 18.2 Å². The fraction of sp³-hybridized carbons (Fsp3) is 0.634. The van der Waals surface area contributed by atoms with Crippen LogP contribution in [0.15, 0.2) is 24.3 Å². The van der Waals surface area contributed by atoms with Gasteiger partial charge in [0.25, 0.3) is 5.91 Å². The molecule has 0 spiro atoms. The summed E-state index contributed by atoms with van der Waals surface area (Å²) in [5, 5.41) is 6.04. The van der Waals surface area contributed by atoms with E-state index in [1.807, 2.05) is 32.1 Å². The number of fused-ring (bicyclic) bond motifs is 5. The molecule has 1 aromatic heterocycles. The molecule has 8 rings (SSSR count). The maximum Gasteiger partial charge on any atom is 0.318 e. The first kappa shape index (κ1) is 40.2. The minimum absolute atomic E-state index is 0.0127. The normalized spacial score (nSPS) is 29.6. The number of carbonyl (C=O) groups is 4. The van der Waals surface area contributed by atoms with Crippen molar-refractivity contribution in [3.8, 4) is 17.4 Å². The predicted octanol–water partition coefficient (Wildman–Crippen LogP) is 3.27. The Morgan fingerprint density at radius 3 is 2.55 bits per heavy atom. The summed E-state index contributed by atoms with van der Waals surface area (Å²) in [5.41, 5.74) is -0.126. The number of hydrogen-bond donors (Lipinski definition) is 3. The zero-order valence-corrected chi connectivity index (χ0v) is 34.2. The molecular formula is C41H54N6O10S. The van der Waals surface area contributed by atoms with Crippen LogP contribution < -0.4 is 29.6 Å².